The van der Waals surface area contributed by atoms with Crippen molar-refractivity contribution < 1.29 is 4.79 Å². The maximum absolute atomic E-state index is 10.6. The molecule has 1 aromatic carbocycles. The van der Waals surface area contributed by atoms with E-state index in [0.717, 1.165) is 12.0 Å². The fraction of sp³-hybridized carbons (Fsp3) is 0.300. The molecular weight excluding hydrogens is 150 g/mol. The van der Waals surface area contributed by atoms with Gasteiger partial charge in [-0.1, -0.05) is 12.1 Å². The number of aldehydes is 1. The van der Waals surface area contributed by atoms with Crippen LogP contribution < -0.4 is 5.32 Å². The lowest BCUT2D eigenvalue weighted by atomic mass is 10.2. The number of rotatable bonds is 3. The average molecular weight is 163 g/mol. The smallest absolute Gasteiger partial charge is 0.152 e. The zero-order valence-electron chi connectivity index (χ0n) is 7.37. The predicted molar refractivity (Wildman–Crippen MR) is 50.6 cm³/mol. The standard InChI is InChI=1S/C10H13NO/c1-8(2)11-10-6-4-3-5-9(10)7-12/h3-8,11H,1-2H3. The first-order chi connectivity index (χ1) is 5.74. The van der Waals surface area contributed by atoms with Crippen LogP contribution in [-0.4, -0.2) is 12.3 Å². The highest BCUT2D eigenvalue weighted by Gasteiger charge is 1.99. The maximum atomic E-state index is 10.6. The van der Waals surface area contributed by atoms with Crippen molar-refractivity contribution in [2.45, 2.75) is 19.9 Å². The summed E-state index contributed by atoms with van der Waals surface area (Å²) in [6, 6.07) is 7.83. The molecule has 0 atom stereocenters. The van der Waals surface area contributed by atoms with Gasteiger partial charge in [-0.25, -0.2) is 0 Å². The molecule has 0 amide bonds. The summed E-state index contributed by atoms with van der Waals surface area (Å²) in [5.41, 5.74) is 1.62. The van der Waals surface area contributed by atoms with Crippen LogP contribution in [0.4, 0.5) is 5.69 Å². The van der Waals surface area contributed by atoms with Crippen LogP contribution in [0.3, 0.4) is 0 Å². The Bertz CT molecular complexity index is 268. The Hall–Kier alpha value is -1.31. The van der Waals surface area contributed by atoms with Crippen LogP contribution in [0.5, 0.6) is 0 Å². The molecule has 0 unspecified atom stereocenters. The van der Waals surface area contributed by atoms with Gasteiger partial charge in [0.05, 0.1) is 0 Å². The summed E-state index contributed by atoms with van der Waals surface area (Å²) in [5, 5.41) is 3.19. The zero-order chi connectivity index (χ0) is 8.97. The third-order valence-corrected chi connectivity index (χ3v) is 1.53. The Labute approximate surface area is 72.6 Å². The molecule has 1 rings (SSSR count). The van der Waals surface area contributed by atoms with Gasteiger partial charge in [-0.3, -0.25) is 4.79 Å². The van der Waals surface area contributed by atoms with Gasteiger partial charge in [-0.05, 0) is 26.0 Å². The Kier molecular flexibility index (Phi) is 2.86. The van der Waals surface area contributed by atoms with Crippen molar-refractivity contribution in [3.05, 3.63) is 29.8 Å². The van der Waals surface area contributed by atoms with Crippen LogP contribution in [0.15, 0.2) is 24.3 Å². The van der Waals surface area contributed by atoms with Gasteiger partial charge in [0.1, 0.15) is 0 Å². The molecule has 2 nitrogen and oxygen atoms in total. The van der Waals surface area contributed by atoms with Crippen molar-refractivity contribution in [3.63, 3.8) is 0 Å². The van der Waals surface area contributed by atoms with Crippen molar-refractivity contribution in [3.8, 4) is 0 Å². The zero-order valence-corrected chi connectivity index (χ0v) is 7.37. The first-order valence-electron chi connectivity index (χ1n) is 4.05. The van der Waals surface area contributed by atoms with Crippen molar-refractivity contribution in [1.29, 1.82) is 0 Å². The third-order valence-electron chi connectivity index (χ3n) is 1.53. The SMILES string of the molecule is CC(C)Nc1ccccc1C=O. The summed E-state index contributed by atoms with van der Waals surface area (Å²) in [7, 11) is 0. The highest BCUT2D eigenvalue weighted by atomic mass is 16.1. The van der Waals surface area contributed by atoms with Crippen molar-refractivity contribution in [1.82, 2.24) is 0 Å². The molecule has 0 saturated carbocycles. The summed E-state index contributed by atoms with van der Waals surface area (Å²) in [6.45, 7) is 4.09. The highest BCUT2D eigenvalue weighted by Crippen LogP contribution is 2.13. The van der Waals surface area contributed by atoms with Crippen LogP contribution >= 0.6 is 0 Å². The van der Waals surface area contributed by atoms with E-state index < -0.39 is 0 Å². The number of carbonyl (C=O) groups is 1. The molecule has 0 aliphatic carbocycles. The van der Waals surface area contributed by atoms with E-state index in [2.05, 4.69) is 5.32 Å². The minimum absolute atomic E-state index is 0.353. The minimum Gasteiger partial charge on any atom is -0.382 e. The average Bonchev–Trinajstić information content (AvgIpc) is 2.04. The van der Waals surface area contributed by atoms with Gasteiger partial charge < -0.3 is 5.32 Å². The molecule has 0 aromatic heterocycles. The van der Waals surface area contributed by atoms with E-state index in [9.17, 15) is 4.79 Å². The lowest BCUT2D eigenvalue weighted by Crippen LogP contribution is -2.11. The van der Waals surface area contributed by atoms with Gasteiger partial charge in [-0.2, -0.15) is 0 Å². The third kappa shape index (κ3) is 2.09. The molecule has 0 saturated heterocycles. The van der Waals surface area contributed by atoms with E-state index in [1.165, 1.54) is 0 Å². The van der Waals surface area contributed by atoms with Crippen LogP contribution in [0.1, 0.15) is 24.2 Å². The van der Waals surface area contributed by atoms with Crippen LogP contribution in [0.2, 0.25) is 0 Å². The number of hydrogen-bond acceptors (Lipinski definition) is 2. The van der Waals surface area contributed by atoms with Gasteiger partial charge in [0.25, 0.3) is 0 Å². The molecule has 0 bridgehead atoms. The van der Waals surface area contributed by atoms with E-state index in [0.29, 0.717) is 11.6 Å². The lowest BCUT2D eigenvalue weighted by Gasteiger charge is -2.11. The number of carbonyl (C=O) groups excluding carboxylic acids is 1. The van der Waals surface area contributed by atoms with Crippen molar-refractivity contribution in [2.75, 3.05) is 5.32 Å². The summed E-state index contributed by atoms with van der Waals surface area (Å²) in [5.74, 6) is 0. The first-order valence-corrected chi connectivity index (χ1v) is 4.05. The van der Waals surface area contributed by atoms with E-state index >= 15 is 0 Å². The fourth-order valence-corrected chi connectivity index (χ4v) is 1.04. The number of hydrogen-bond donors (Lipinski definition) is 1. The first kappa shape index (κ1) is 8.78. The molecular formula is C10H13NO. The fourth-order valence-electron chi connectivity index (χ4n) is 1.04. The summed E-state index contributed by atoms with van der Waals surface area (Å²) in [4.78, 5) is 10.6. The number of benzene rings is 1. The molecule has 0 spiro atoms. The monoisotopic (exact) mass is 163 g/mol. The molecule has 0 aliphatic heterocycles. The highest BCUT2D eigenvalue weighted by molar-refractivity contribution is 5.84. The largest absolute Gasteiger partial charge is 0.382 e. The molecule has 2 heteroatoms. The molecule has 64 valence electrons. The van der Waals surface area contributed by atoms with Gasteiger partial charge in [-0.15, -0.1) is 0 Å². The summed E-state index contributed by atoms with van der Waals surface area (Å²) in [6.07, 6.45) is 0.866. The van der Waals surface area contributed by atoms with Crippen LogP contribution in [0.25, 0.3) is 0 Å². The molecule has 1 N–H and O–H groups in total. The summed E-state index contributed by atoms with van der Waals surface area (Å²) >= 11 is 0. The second-order valence-corrected chi connectivity index (χ2v) is 3.00. The maximum Gasteiger partial charge on any atom is 0.152 e. The Morgan fingerprint density at radius 2 is 2.00 bits per heavy atom. The van der Waals surface area contributed by atoms with Gasteiger partial charge >= 0.3 is 0 Å². The second-order valence-electron chi connectivity index (χ2n) is 3.00. The molecule has 12 heavy (non-hydrogen) atoms. The molecule has 0 heterocycles. The quantitative estimate of drug-likeness (QED) is 0.693. The Morgan fingerprint density at radius 1 is 1.33 bits per heavy atom. The molecule has 1 aromatic rings. The number of anilines is 1. The summed E-state index contributed by atoms with van der Waals surface area (Å²) < 4.78 is 0. The van der Waals surface area contributed by atoms with Crippen LogP contribution in [0, 0.1) is 0 Å². The van der Waals surface area contributed by atoms with E-state index in [4.69, 9.17) is 0 Å². The minimum atomic E-state index is 0.353. The Balaban J connectivity index is 2.89. The number of nitrogens with one attached hydrogen (secondary N) is 1. The molecule has 0 aliphatic rings. The van der Waals surface area contributed by atoms with Gasteiger partial charge in [0, 0.05) is 17.3 Å². The van der Waals surface area contributed by atoms with E-state index in [1.807, 2.05) is 32.0 Å². The molecule has 0 fully saturated rings. The normalized spacial score (nSPS) is 9.92. The Morgan fingerprint density at radius 3 is 2.58 bits per heavy atom. The van der Waals surface area contributed by atoms with E-state index in [1.54, 1.807) is 6.07 Å². The lowest BCUT2D eigenvalue weighted by molar-refractivity contribution is 0.112. The predicted octanol–water partition coefficient (Wildman–Crippen LogP) is 2.32. The van der Waals surface area contributed by atoms with Crippen molar-refractivity contribution >= 4 is 12.0 Å². The number of para-hydroxylation sites is 1. The topological polar surface area (TPSA) is 29.1 Å². The van der Waals surface area contributed by atoms with Crippen LogP contribution in [-0.2, 0) is 0 Å². The van der Waals surface area contributed by atoms with Gasteiger partial charge in [0.15, 0.2) is 6.29 Å². The molecule has 0 radical (unpaired) electrons. The van der Waals surface area contributed by atoms with Crippen molar-refractivity contribution in [2.24, 2.45) is 0 Å². The van der Waals surface area contributed by atoms with Gasteiger partial charge in [0.2, 0.25) is 0 Å². The van der Waals surface area contributed by atoms with E-state index in [-0.39, 0.29) is 0 Å². The second kappa shape index (κ2) is 3.90.